The Bertz CT molecular complexity index is 875. The molecule has 35 heavy (non-hydrogen) atoms. The van der Waals surface area contributed by atoms with Crippen molar-refractivity contribution in [3.8, 4) is 17.0 Å². The molecule has 0 aliphatic carbocycles. The highest BCUT2D eigenvalue weighted by molar-refractivity contribution is 5.85. The molecule has 1 aliphatic heterocycles. The molecular weight excluding hydrogens is 479 g/mol. The van der Waals surface area contributed by atoms with Crippen LogP contribution in [0, 0.1) is 5.82 Å². The maximum atomic E-state index is 13.7. The van der Waals surface area contributed by atoms with E-state index in [0.29, 0.717) is 36.8 Å². The van der Waals surface area contributed by atoms with Gasteiger partial charge in [-0.25, -0.2) is 4.39 Å². The Labute approximate surface area is 211 Å². The molecule has 2 heterocycles. The van der Waals surface area contributed by atoms with E-state index in [9.17, 15) is 24.8 Å². The lowest BCUT2D eigenvalue weighted by atomic mass is 10.1. The number of nitrogens with zero attached hydrogens (tertiary/aromatic N) is 2. The molecule has 0 radical (unpaired) electrons. The van der Waals surface area contributed by atoms with Gasteiger partial charge in [-0.05, 0) is 43.1 Å². The molecule has 196 valence electrons. The summed E-state index contributed by atoms with van der Waals surface area (Å²) < 4.78 is 24.5. The standard InChI is InChI=1S/C25H35FN2O6.ClH/c1-33-20-11-18(10-19(26)12-20)21-7-6-17(13-27-21)16-34-9-5-3-2-4-8-28-14-22(29)24(31)25(32)23(30)15-28;/h6-7,10-13,22-25,29-32H,2-5,8-9,14-16H2,1H3;1H/t22-,23-,24+,25+;/m0./s1. The van der Waals surface area contributed by atoms with Crippen LogP contribution in [0.4, 0.5) is 4.39 Å². The van der Waals surface area contributed by atoms with Crippen LogP contribution in [0.25, 0.3) is 11.3 Å². The zero-order valence-corrected chi connectivity index (χ0v) is 20.7. The van der Waals surface area contributed by atoms with Crippen LogP contribution in [0.1, 0.15) is 31.2 Å². The number of hydrogen-bond donors (Lipinski definition) is 4. The van der Waals surface area contributed by atoms with E-state index in [1.165, 1.54) is 19.2 Å². The fourth-order valence-electron chi connectivity index (χ4n) is 4.05. The molecule has 4 N–H and O–H groups in total. The van der Waals surface area contributed by atoms with Gasteiger partial charge in [0.25, 0.3) is 0 Å². The minimum absolute atomic E-state index is 0. The summed E-state index contributed by atoms with van der Waals surface area (Å²) in [7, 11) is 1.50. The first-order valence-corrected chi connectivity index (χ1v) is 11.7. The number of aromatic nitrogens is 1. The van der Waals surface area contributed by atoms with Crippen LogP contribution < -0.4 is 4.74 Å². The van der Waals surface area contributed by atoms with E-state index < -0.39 is 24.4 Å². The highest BCUT2D eigenvalue weighted by atomic mass is 35.5. The molecule has 10 heteroatoms. The van der Waals surface area contributed by atoms with Gasteiger partial charge in [-0.1, -0.05) is 18.9 Å². The van der Waals surface area contributed by atoms with Crippen molar-refractivity contribution < 1.29 is 34.3 Å². The molecular formula is C25H36ClFN2O6. The number of ether oxygens (including phenoxy) is 2. The van der Waals surface area contributed by atoms with E-state index in [4.69, 9.17) is 9.47 Å². The predicted molar refractivity (Wildman–Crippen MR) is 132 cm³/mol. The fraction of sp³-hybridized carbons (Fsp3) is 0.560. The summed E-state index contributed by atoms with van der Waals surface area (Å²) in [4.78, 5) is 6.28. The molecule has 3 rings (SSSR count). The molecule has 1 fully saturated rings. The number of aliphatic hydroxyl groups excluding tert-OH is 4. The minimum atomic E-state index is -1.33. The number of halogens is 2. The molecule has 4 atom stereocenters. The van der Waals surface area contributed by atoms with Crippen LogP contribution in [-0.2, 0) is 11.3 Å². The summed E-state index contributed by atoms with van der Waals surface area (Å²) in [5.74, 6) is 0.0752. The summed E-state index contributed by atoms with van der Waals surface area (Å²) in [6.45, 7) is 2.23. The monoisotopic (exact) mass is 514 g/mol. The minimum Gasteiger partial charge on any atom is -0.497 e. The van der Waals surface area contributed by atoms with E-state index in [1.54, 1.807) is 12.3 Å². The summed E-state index contributed by atoms with van der Waals surface area (Å²) in [6.07, 6.45) is 0.709. The third-order valence-corrected chi connectivity index (χ3v) is 6.04. The lowest BCUT2D eigenvalue weighted by molar-refractivity contribution is -0.0894. The lowest BCUT2D eigenvalue weighted by Crippen LogP contribution is -2.43. The van der Waals surface area contributed by atoms with Crippen molar-refractivity contribution in [1.29, 1.82) is 0 Å². The highest BCUT2D eigenvalue weighted by Crippen LogP contribution is 2.24. The number of rotatable bonds is 11. The van der Waals surface area contributed by atoms with Gasteiger partial charge in [-0.3, -0.25) is 9.88 Å². The first-order valence-electron chi connectivity index (χ1n) is 11.7. The third kappa shape index (κ3) is 8.95. The predicted octanol–water partition coefficient (Wildman–Crippen LogP) is 2.15. The van der Waals surface area contributed by atoms with E-state index >= 15 is 0 Å². The summed E-state index contributed by atoms with van der Waals surface area (Å²) in [6, 6.07) is 8.24. The maximum absolute atomic E-state index is 13.7. The number of hydrogen-bond acceptors (Lipinski definition) is 8. The van der Waals surface area contributed by atoms with Crippen molar-refractivity contribution in [2.24, 2.45) is 0 Å². The number of aliphatic hydroxyl groups is 4. The second-order valence-corrected chi connectivity index (χ2v) is 8.77. The van der Waals surface area contributed by atoms with Gasteiger partial charge in [-0.2, -0.15) is 0 Å². The Morgan fingerprint density at radius 1 is 0.971 bits per heavy atom. The second-order valence-electron chi connectivity index (χ2n) is 8.77. The number of unbranched alkanes of at least 4 members (excludes halogenated alkanes) is 3. The van der Waals surface area contributed by atoms with E-state index in [1.807, 2.05) is 17.0 Å². The largest absolute Gasteiger partial charge is 0.497 e. The molecule has 8 nitrogen and oxygen atoms in total. The van der Waals surface area contributed by atoms with Crippen molar-refractivity contribution in [2.75, 3.05) is 33.4 Å². The Hall–Kier alpha value is -1.85. The van der Waals surface area contributed by atoms with E-state index in [0.717, 1.165) is 31.2 Å². The number of pyridine rings is 1. The van der Waals surface area contributed by atoms with Gasteiger partial charge in [-0.15, -0.1) is 12.4 Å². The van der Waals surface area contributed by atoms with Crippen molar-refractivity contribution in [3.05, 3.63) is 47.9 Å². The maximum Gasteiger partial charge on any atom is 0.127 e. The van der Waals surface area contributed by atoms with Gasteiger partial charge in [0.2, 0.25) is 0 Å². The van der Waals surface area contributed by atoms with Gasteiger partial charge in [0, 0.05) is 37.5 Å². The van der Waals surface area contributed by atoms with E-state index in [2.05, 4.69) is 4.98 Å². The zero-order chi connectivity index (χ0) is 24.5. The Morgan fingerprint density at radius 2 is 1.66 bits per heavy atom. The quantitative estimate of drug-likeness (QED) is 0.337. The Morgan fingerprint density at radius 3 is 2.29 bits per heavy atom. The summed E-state index contributed by atoms with van der Waals surface area (Å²) >= 11 is 0. The van der Waals surface area contributed by atoms with Crippen LogP contribution in [0.3, 0.4) is 0 Å². The molecule has 2 aromatic rings. The second kappa shape index (κ2) is 14.6. The number of β-amino-alcohol motifs (C(OH)–C–C–N with tert-alkyl or cyclic N) is 2. The third-order valence-electron chi connectivity index (χ3n) is 6.04. The SMILES string of the molecule is COc1cc(F)cc(-c2ccc(COCCCCCCN3C[C@H](O)[C@@H](O)[C@H](O)[C@@H](O)C3)cn2)c1.Cl. The molecule has 0 amide bonds. The molecule has 0 unspecified atom stereocenters. The Kier molecular flexibility index (Phi) is 12.3. The number of likely N-dealkylation sites (tertiary alicyclic amines) is 1. The van der Waals surface area contributed by atoms with Crippen LogP contribution >= 0.6 is 12.4 Å². The molecule has 1 aromatic carbocycles. The van der Waals surface area contributed by atoms with Crippen molar-refractivity contribution in [1.82, 2.24) is 9.88 Å². The van der Waals surface area contributed by atoms with Crippen LogP contribution in [-0.4, -0.2) is 88.1 Å². The van der Waals surface area contributed by atoms with Gasteiger partial charge in [0.1, 0.15) is 23.8 Å². The average Bonchev–Trinajstić information content (AvgIpc) is 2.92. The van der Waals surface area contributed by atoms with E-state index in [-0.39, 0.29) is 31.3 Å². The first-order chi connectivity index (χ1) is 16.4. The fourth-order valence-corrected chi connectivity index (χ4v) is 4.05. The number of benzene rings is 1. The Balaban J connectivity index is 0.00000432. The number of methoxy groups -OCH3 is 1. The smallest absolute Gasteiger partial charge is 0.127 e. The molecule has 1 aliphatic rings. The van der Waals surface area contributed by atoms with Crippen molar-refractivity contribution in [2.45, 2.75) is 56.7 Å². The van der Waals surface area contributed by atoms with Gasteiger partial charge >= 0.3 is 0 Å². The average molecular weight is 515 g/mol. The lowest BCUT2D eigenvalue weighted by Gasteiger charge is -2.23. The van der Waals surface area contributed by atoms with Gasteiger partial charge < -0.3 is 29.9 Å². The first kappa shape index (κ1) is 29.4. The molecule has 1 aromatic heterocycles. The summed E-state index contributed by atoms with van der Waals surface area (Å²) in [5.41, 5.74) is 2.26. The normalized spacial score (nSPS) is 22.9. The topological polar surface area (TPSA) is 116 Å². The summed E-state index contributed by atoms with van der Waals surface area (Å²) in [5, 5.41) is 39.3. The zero-order valence-electron chi connectivity index (χ0n) is 19.9. The molecule has 0 spiro atoms. The van der Waals surface area contributed by atoms with Crippen LogP contribution in [0.5, 0.6) is 5.75 Å². The van der Waals surface area contributed by atoms with Gasteiger partial charge in [0.15, 0.2) is 0 Å². The van der Waals surface area contributed by atoms with Crippen molar-refractivity contribution >= 4 is 12.4 Å². The van der Waals surface area contributed by atoms with Crippen LogP contribution in [0.15, 0.2) is 36.5 Å². The van der Waals surface area contributed by atoms with Crippen LogP contribution in [0.2, 0.25) is 0 Å². The molecule has 1 saturated heterocycles. The molecule has 0 bridgehead atoms. The van der Waals surface area contributed by atoms with Crippen molar-refractivity contribution in [3.63, 3.8) is 0 Å². The molecule has 0 saturated carbocycles. The highest BCUT2D eigenvalue weighted by Gasteiger charge is 2.35. The van der Waals surface area contributed by atoms with Gasteiger partial charge in [0.05, 0.1) is 31.6 Å².